The van der Waals surface area contributed by atoms with Gasteiger partial charge in [0, 0.05) is 32.7 Å². The lowest BCUT2D eigenvalue weighted by Gasteiger charge is -2.47. The maximum absolute atomic E-state index is 13.7. The Labute approximate surface area is 229 Å². The van der Waals surface area contributed by atoms with E-state index in [1.807, 2.05) is 48.5 Å². The molecule has 1 amide bonds. The fourth-order valence-corrected chi connectivity index (χ4v) is 5.67. The van der Waals surface area contributed by atoms with E-state index >= 15 is 0 Å². The van der Waals surface area contributed by atoms with Gasteiger partial charge in [0.1, 0.15) is 11.8 Å². The fraction of sp³-hybridized carbons (Fsp3) is 0.0606. The minimum absolute atomic E-state index is 0.184. The van der Waals surface area contributed by atoms with Gasteiger partial charge < -0.3 is 4.74 Å². The van der Waals surface area contributed by atoms with Crippen LogP contribution in [0.2, 0.25) is 5.02 Å². The third-order valence-corrected chi connectivity index (χ3v) is 7.69. The second-order valence-electron chi connectivity index (χ2n) is 9.65. The number of ketones is 2. The van der Waals surface area contributed by atoms with Crippen LogP contribution in [0.25, 0.3) is 10.8 Å². The number of β-lactam (4-membered cyclic amide) rings is 1. The molecule has 39 heavy (non-hydrogen) atoms. The van der Waals surface area contributed by atoms with Crippen LogP contribution in [-0.2, 0) is 4.79 Å². The van der Waals surface area contributed by atoms with Crippen molar-refractivity contribution in [2.75, 3.05) is 4.90 Å². The highest BCUT2D eigenvalue weighted by Gasteiger charge is 2.52. The minimum atomic E-state index is -0.829. The van der Waals surface area contributed by atoms with Crippen molar-refractivity contribution < 1.29 is 19.1 Å². The number of carbonyl (C=O) groups excluding carboxylic acids is 3. The maximum atomic E-state index is 13.7. The van der Waals surface area contributed by atoms with E-state index < -0.39 is 12.1 Å². The van der Waals surface area contributed by atoms with Crippen molar-refractivity contribution in [3.8, 4) is 5.75 Å². The average Bonchev–Trinajstić information content (AvgIpc) is 2.98. The van der Waals surface area contributed by atoms with Crippen molar-refractivity contribution in [1.82, 2.24) is 0 Å². The third-order valence-electron chi connectivity index (χ3n) is 7.44. The molecule has 0 bridgehead atoms. The SMILES string of the molecule is O=C1c2ccccc2C(=O)c2cc([C@H]3[C@H](Oc4ccc(Cl)cc4)C(=O)N3c3cccc4ccccc34)ccc21. The summed E-state index contributed by atoms with van der Waals surface area (Å²) in [5.41, 5.74) is 2.95. The van der Waals surface area contributed by atoms with Crippen LogP contribution in [0.15, 0.2) is 109 Å². The normalized spacial score (nSPS) is 18.0. The van der Waals surface area contributed by atoms with Crippen molar-refractivity contribution in [3.63, 3.8) is 0 Å². The Bertz CT molecular complexity index is 1820. The lowest BCUT2D eigenvalue weighted by atomic mass is 9.81. The molecular formula is C33H20ClNO4. The van der Waals surface area contributed by atoms with E-state index in [1.165, 1.54) is 0 Å². The van der Waals surface area contributed by atoms with Gasteiger partial charge in [-0.1, -0.05) is 78.3 Å². The molecule has 2 atom stereocenters. The molecule has 0 aromatic heterocycles. The molecule has 0 unspecified atom stereocenters. The number of halogens is 1. The smallest absolute Gasteiger partial charge is 0.271 e. The zero-order valence-electron chi connectivity index (χ0n) is 20.5. The Morgan fingerprint density at radius 2 is 1.28 bits per heavy atom. The quantitative estimate of drug-likeness (QED) is 0.235. The number of nitrogens with zero attached hydrogens (tertiary/aromatic N) is 1. The van der Waals surface area contributed by atoms with Crippen LogP contribution in [0.1, 0.15) is 43.4 Å². The van der Waals surface area contributed by atoms with E-state index in [2.05, 4.69) is 0 Å². The van der Waals surface area contributed by atoms with E-state index in [0.29, 0.717) is 38.6 Å². The summed E-state index contributed by atoms with van der Waals surface area (Å²) in [6.07, 6.45) is -0.829. The Morgan fingerprint density at radius 1 is 0.641 bits per heavy atom. The van der Waals surface area contributed by atoms with Crippen LogP contribution < -0.4 is 9.64 Å². The summed E-state index contributed by atoms with van der Waals surface area (Å²) in [7, 11) is 0. The largest absolute Gasteiger partial charge is 0.478 e. The van der Waals surface area contributed by atoms with Crippen molar-refractivity contribution in [2.24, 2.45) is 0 Å². The molecule has 188 valence electrons. The van der Waals surface area contributed by atoms with Crippen LogP contribution in [-0.4, -0.2) is 23.6 Å². The van der Waals surface area contributed by atoms with E-state index in [0.717, 1.165) is 16.5 Å². The molecule has 5 nitrogen and oxygen atoms in total. The number of anilines is 1. The number of carbonyl (C=O) groups is 3. The molecule has 1 fully saturated rings. The number of ether oxygens (including phenoxy) is 1. The number of hydrogen-bond donors (Lipinski definition) is 0. The monoisotopic (exact) mass is 529 g/mol. The summed E-state index contributed by atoms with van der Waals surface area (Å²) in [5.74, 6) is -0.0777. The summed E-state index contributed by atoms with van der Waals surface area (Å²) in [5, 5.41) is 2.50. The molecule has 2 aliphatic rings. The van der Waals surface area contributed by atoms with Gasteiger partial charge in [0.25, 0.3) is 5.91 Å². The summed E-state index contributed by atoms with van der Waals surface area (Å²) in [6, 6.07) is 32.1. The van der Waals surface area contributed by atoms with Gasteiger partial charge in [-0.2, -0.15) is 0 Å². The van der Waals surface area contributed by atoms with Crippen molar-refractivity contribution in [2.45, 2.75) is 12.1 Å². The molecule has 1 aliphatic carbocycles. The predicted molar refractivity (Wildman–Crippen MR) is 150 cm³/mol. The highest BCUT2D eigenvalue weighted by molar-refractivity contribution is 6.30. The zero-order chi connectivity index (χ0) is 26.7. The maximum Gasteiger partial charge on any atom is 0.271 e. The first-order valence-corrected chi connectivity index (χ1v) is 12.9. The van der Waals surface area contributed by atoms with Crippen molar-refractivity contribution in [3.05, 3.63) is 142 Å². The summed E-state index contributed by atoms with van der Waals surface area (Å²) in [6.45, 7) is 0. The Morgan fingerprint density at radius 3 is 2.05 bits per heavy atom. The second kappa shape index (κ2) is 8.93. The molecule has 1 heterocycles. The summed E-state index contributed by atoms with van der Waals surface area (Å²) in [4.78, 5) is 42.0. The fourth-order valence-electron chi connectivity index (χ4n) is 5.55. The zero-order valence-corrected chi connectivity index (χ0v) is 21.3. The number of hydrogen-bond acceptors (Lipinski definition) is 4. The first kappa shape index (κ1) is 23.4. The summed E-state index contributed by atoms with van der Waals surface area (Å²) >= 11 is 6.05. The van der Waals surface area contributed by atoms with Crippen LogP contribution >= 0.6 is 11.6 Å². The van der Waals surface area contributed by atoms with Crippen LogP contribution in [0.5, 0.6) is 5.75 Å². The molecule has 0 spiro atoms. The molecular weight excluding hydrogens is 510 g/mol. The van der Waals surface area contributed by atoms with Gasteiger partial charge >= 0.3 is 0 Å². The molecule has 0 radical (unpaired) electrons. The Kier molecular flexibility index (Phi) is 5.35. The van der Waals surface area contributed by atoms with Gasteiger partial charge in [-0.3, -0.25) is 19.3 Å². The van der Waals surface area contributed by atoms with Gasteiger partial charge in [-0.25, -0.2) is 0 Å². The van der Waals surface area contributed by atoms with Gasteiger partial charge in [-0.05, 0) is 53.4 Å². The van der Waals surface area contributed by atoms with Crippen LogP contribution in [0, 0.1) is 0 Å². The average molecular weight is 530 g/mol. The third kappa shape index (κ3) is 3.66. The Balaban J connectivity index is 1.35. The van der Waals surface area contributed by atoms with Gasteiger partial charge in [0.05, 0.1) is 5.69 Å². The lowest BCUT2D eigenvalue weighted by molar-refractivity contribution is -0.135. The van der Waals surface area contributed by atoms with E-state index in [1.54, 1.807) is 65.6 Å². The van der Waals surface area contributed by atoms with Gasteiger partial charge in [-0.15, -0.1) is 0 Å². The molecule has 1 saturated heterocycles. The number of benzene rings is 5. The van der Waals surface area contributed by atoms with E-state index in [4.69, 9.17) is 16.3 Å². The summed E-state index contributed by atoms with van der Waals surface area (Å²) < 4.78 is 6.19. The first-order valence-electron chi connectivity index (χ1n) is 12.6. The minimum Gasteiger partial charge on any atom is -0.478 e. The molecule has 6 heteroatoms. The highest BCUT2D eigenvalue weighted by atomic mass is 35.5. The van der Waals surface area contributed by atoms with Crippen molar-refractivity contribution >= 4 is 45.5 Å². The molecule has 0 saturated carbocycles. The van der Waals surface area contributed by atoms with Gasteiger partial charge in [0.2, 0.25) is 6.10 Å². The molecule has 5 aromatic rings. The van der Waals surface area contributed by atoms with Crippen LogP contribution in [0.4, 0.5) is 5.69 Å². The number of amides is 1. The van der Waals surface area contributed by atoms with Crippen molar-refractivity contribution in [1.29, 1.82) is 0 Å². The first-order chi connectivity index (χ1) is 19.0. The van der Waals surface area contributed by atoms with Crippen LogP contribution in [0.3, 0.4) is 0 Å². The molecule has 5 aromatic carbocycles. The lowest BCUT2D eigenvalue weighted by Crippen LogP contribution is -2.61. The molecule has 7 rings (SSSR count). The standard InChI is InChI=1S/C33H20ClNO4/c34-21-13-15-22(16-14-21)39-32-29(35(33(32)38)28-11-5-7-19-6-1-2-8-23(19)28)20-12-17-26-27(18-20)31(37)25-10-4-3-9-24(25)30(26)36/h1-18,29,32H/t29-,32-/m0/s1. The number of fused-ring (bicyclic) bond motifs is 3. The Hall–Kier alpha value is -4.74. The van der Waals surface area contributed by atoms with E-state index in [-0.39, 0.29) is 17.5 Å². The predicted octanol–water partition coefficient (Wildman–Crippen LogP) is 6.80. The van der Waals surface area contributed by atoms with Gasteiger partial charge in [0.15, 0.2) is 11.6 Å². The molecule has 1 aliphatic heterocycles. The molecule has 0 N–H and O–H groups in total. The topological polar surface area (TPSA) is 63.7 Å². The second-order valence-corrected chi connectivity index (χ2v) is 10.1. The highest BCUT2D eigenvalue weighted by Crippen LogP contribution is 2.44. The number of rotatable bonds is 4. The van der Waals surface area contributed by atoms with E-state index in [9.17, 15) is 14.4 Å².